The summed E-state index contributed by atoms with van der Waals surface area (Å²) in [7, 11) is 0. The van der Waals surface area contributed by atoms with E-state index in [1.54, 1.807) is 4.90 Å². The lowest BCUT2D eigenvalue weighted by molar-refractivity contribution is 0.0811. The second-order valence-corrected chi connectivity index (χ2v) is 4.89. The minimum atomic E-state index is -0.189. The van der Waals surface area contributed by atoms with E-state index in [1.165, 1.54) is 0 Å². The summed E-state index contributed by atoms with van der Waals surface area (Å²) < 4.78 is 5.13. The van der Waals surface area contributed by atoms with E-state index in [1.807, 2.05) is 13.8 Å². The first-order valence-electron chi connectivity index (χ1n) is 5.03. The van der Waals surface area contributed by atoms with Crippen LogP contribution in [-0.2, 0) is 4.74 Å². The van der Waals surface area contributed by atoms with E-state index in [-0.39, 0.29) is 17.6 Å². The lowest BCUT2D eigenvalue weighted by Crippen LogP contribution is -2.33. The van der Waals surface area contributed by atoms with Crippen molar-refractivity contribution >= 4 is 18.7 Å². The maximum Gasteiger partial charge on any atom is 0.410 e. The lowest BCUT2D eigenvalue weighted by atomic mass is 9.93. The predicted octanol–water partition coefficient (Wildman–Crippen LogP) is 2.17. The molecule has 0 aliphatic carbocycles. The molecular weight excluding hydrogens is 198 g/mol. The van der Waals surface area contributed by atoms with Crippen molar-refractivity contribution < 1.29 is 9.53 Å². The van der Waals surface area contributed by atoms with Crippen LogP contribution >= 0.6 is 12.6 Å². The molecule has 0 N–H and O–H groups in total. The van der Waals surface area contributed by atoms with Crippen LogP contribution in [0.1, 0.15) is 27.2 Å². The first kappa shape index (κ1) is 11.7. The molecule has 0 spiro atoms. The topological polar surface area (TPSA) is 29.5 Å². The normalized spacial score (nSPS) is 27.1. The minimum absolute atomic E-state index is 0.0367. The van der Waals surface area contributed by atoms with Crippen LogP contribution in [0.4, 0.5) is 4.79 Å². The first-order valence-corrected chi connectivity index (χ1v) is 5.66. The Labute approximate surface area is 91.2 Å². The fourth-order valence-electron chi connectivity index (χ4n) is 1.58. The van der Waals surface area contributed by atoms with E-state index in [2.05, 4.69) is 19.6 Å². The molecule has 82 valence electrons. The molecule has 14 heavy (non-hydrogen) atoms. The molecule has 0 aromatic rings. The Balaban J connectivity index is 2.46. The largest absolute Gasteiger partial charge is 0.447 e. The number of likely N-dealkylation sites (tertiary alicyclic amines) is 1. The SMILES string of the molecule is CC(C)OC(=O)N1CC[C@](C)(CS)C1. The maximum absolute atomic E-state index is 11.5. The maximum atomic E-state index is 11.5. The number of carbonyl (C=O) groups excluding carboxylic acids is 1. The summed E-state index contributed by atoms with van der Waals surface area (Å²) in [6, 6.07) is 0. The Morgan fingerprint density at radius 2 is 2.29 bits per heavy atom. The number of rotatable bonds is 2. The highest BCUT2D eigenvalue weighted by Crippen LogP contribution is 2.31. The van der Waals surface area contributed by atoms with E-state index in [0.717, 1.165) is 25.3 Å². The molecule has 1 heterocycles. The average Bonchev–Trinajstić information content (AvgIpc) is 2.48. The molecule has 3 nitrogen and oxygen atoms in total. The van der Waals surface area contributed by atoms with Gasteiger partial charge in [-0.2, -0.15) is 12.6 Å². The van der Waals surface area contributed by atoms with Crippen LogP contribution < -0.4 is 0 Å². The van der Waals surface area contributed by atoms with Crippen molar-refractivity contribution in [1.29, 1.82) is 0 Å². The Bertz CT molecular complexity index is 220. The summed E-state index contributed by atoms with van der Waals surface area (Å²) in [5.74, 6) is 0.818. The smallest absolute Gasteiger partial charge is 0.410 e. The van der Waals surface area contributed by atoms with Gasteiger partial charge in [-0.3, -0.25) is 0 Å². The molecule has 1 aliphatic rings. The summed E-state index contributed by atoms with van der Waals surface area (Å²) >= 11 is 4.30. The van der Waals surface area contributed by atoms with Crippen LogP contribution in [0.3, 0.4) is 0 Å². The average molecular weight is 217 g/mol. The number of carbonyl (C=O) groups is 1. The predicted molar refractivity (Wildman–Crippen MR) is 59.8 cm³/mol. The van der Waals surface area contributed by atoms with Crippen LogP contribution in [0.5, 0.6) is 0 Å². The van der Waals surface area contributed by atoms with Gasteiger partial charge in [0.05, 0.1) is 6.10 Å². The number of nitrogens with zero attached hydrogens (tertiary/aromatic N) is 1. The highest BCUT2D eigenvalue weighted by Gasteiger charge is 2.35. The van der Waals surface area contributed by atoms with Gasteiger partial charge >= 0.3 is 6.09 Å². The molecule has 0 bridgehead atoms. The second-order valence-electron chi connectivity index (χ2n) is 4.57. The number of hydrogen-bond donors (Lipinski definition) is 1. The third-order valence-electron chi connectivity index (χ3n) is 2.53. The molecule has 1 atom stereocenters. The molecule has 1 fully saturated rings. The minimum Gasteiger partial charge on any atom is -0.447 e. The van der Waals surface area contributed by atoms with Crippen molar-refractivity contribution in [3.63, 3.8) is 0 Å². The fraction of sp³-hybridized carbons (Fsp3) is 0.900. The third-order valence-corrected chi connectivity index (χ3v) is 3.30. The van der Waals surface area contributed by atoms with Gasteiger partial charge in [0.15, 0.2) is 0 Å². The molecule has 4 heteroatoms. The Kier molecular flexibility index (Phi) is 3.70. The number of ether oxygens (including phenoxy) is 1. The van der Waals surface area contributed by atoms with Gasteiger partial charge in [-0.15, -0.1) is 0 Å². The summed E-state index contributed by atoms with van der Waals surface area (Å²) in [6.45, 7) is 7.45. The molecule has 1 amide bonds. The number of amides is 1. The Morgan fingerprint density at radius 3 is 2.71 bits per heavy atom. The van der Waals surface area contributed by atoms with Crippen LogP contribution in [0, 0.1) is 5.41 Å². The molecule has 1 aliphatic heterocycles. The van der Waals surface area contributed by atoms with Gasteiger partial charge in [0.2, 0.25) is 0 Å². The van der Waals surface area contributed by atoms with Gasteiger partial charge in [-0.05, 0) is 31.4 Å². The van der Waals surface area contributed by atoms with E-state index < -0.39 is 0 Å². The van der Waals surface area contributed by atoms with Gasteiger partial charge in [0, 0.05) is 13.1 Å². The number of hydrogen-bond acceptors (Lipinski definition) is 3. The van der Waals surface area contributed by atoms with Crippen LogP contribution in [-0.4, -0.2) is 35.9 Å². The third kappa shape index (κ3) is 2.80. The van der Waals surface area contributed by atoms with Crippen LogP contribution in [0.2, 0.25) is 0 Å². The van der Waals surface area contributed by atoms with E-state index in [9.17, 15) is 4.79 Å². The first-order chi connectivity index (χ1) is 6.47. The van der Waals surface area contributed by atoms with Gasteiger partial charge in [0.1, 0.15) is 0 Å². The zero-order chi connectivity index (χ0) is 10.8. The van der Waals surface area contributed by atoms with E-state index in [4.69, 9.17) is 4.74 Å². The molecule has 0 unspecified atom stereocenters. The molecule has 1 rings (SSSR count). The van der Waals surface area contributed by atoms with Gasteiger partial charge in [-0.1, -0.05) is 6.92 Å². The molecular formula is C10H19NO2S. The summed E-state index contributed by atoms with van der Waals surface area (Å²) in [6.07, 6.45) is 0.792. The van der Waals surface area contributed by atoms with Crippen molar-refractivity contribution in [3.05, 3.63) is 0 Å². The molecule has 1 saturated heterocycles. The fourth-order valence-corrected chi connectivity index (χ4v) is 1.84. The molecule has 0 saturated carbocycles. The van der Waals surface area contributed by atoms with Crippen LogP contribution in [0.25, 0.3) is 0 Å². The monoisotopic (exact) mass is 217 g/mol. The van der Waals surface area contributed by atoms with Crippen molar-refractivity contribution in [1.82, 2.24) is 4.90 Å². The zero-order valence-electron chi connectivity index (χ0n) is 9.12. The molecule has 0 aromatic carbocycles. The van der Waals surface area contributed by atoms with Crippen molar-refractivity contribution in [2.45, 2.75) is 33.3 Å². The summed E-state index contributed by atoms with van der Waals surface area (Å²) in [5, 5.41) is 0. The molecule has 0 aromatic heterocycles. The van der Waals surface area contributed by atoms with Crippen molar-refractivity contribution in [2.75, 3.05) is 18.8 Å². The Morgan fingerprint density at radius 1 is 1.64 bits per heavy atom. The number of thiol groups is 1. The zero-order valence-corrected chi connectivity index (χ0v) is 10.0. The summed E-state index contributed by atoms with van der Waals surface area (Å²) in [4.78, 5) is 13.3. The van der Waals surface area contributed by atoms with Gasteiger partial charge < -0.3 is 9.64 Å². The van der Waals surface area contributed by atoms with Gasteiger partial charge in [0.25, 0.3) is 0 Å². The van der Waals surface area contributed by atoms with Crippen molar-refractivity contribution in [2.24, 2.45) is 5.41 Å². The van der Waals surface area contributed by atoms with Gasteiger partial charge in [-0.25, -0.2) is 4.79 Å². The second kappa shape index (κ2) is 4.43. The highest BCUT2D eigenvalue weighted by molar-refractivity contribution is 7.80. The Hall–Kier alpha value is -0.380. The standard InChI is InChI=1S/C10H19NO2S/c1-8(2)13-9(12)11-5-4-10(3,6-11)7-14/h8,14H,4-7H2,1-3H3/t10-/m0/s1. The summed E-state index contributed by atoms with van der Waals surface area (Å²) in [5.41, 5.74) is 0.166. The van der Waals surface area contributed by atoms with Crippen molar-refractivity contribution in [3.8, 4) is 0 Å². The van der Waals surface area contributed by atoms with E-state index >= 15 is 0 Å². The van der Waals surface area contributed by atoms with E-state index in [0.29, 0.717) is 0 Å². The van der Waals surface area contributed by atoms with Crippen LogP contribution in [0.15, 0.2) is 0 Å². The highest BCUT2D eigenvalue weighted by atomic mass is 32.1. The quantitative estimate of drug-likeness (QED) is 0.718. The molecule has 0 radical (unpaired) electrons. The lowest BCUT2D eigenvalue weighted by Gasteiger charge is -2.22.